The summed E-state index contributed by atoms with van der Waals surface area (Å²) in [5, 5.41) is 10.3. The fourth-order valence-corrected chi connectivity index (χ4v) is 3.02. The maximum atomic E-state index is 12.2. The normalized spacial score (nSPS) is 23.5. The van der Waals surface area contributed by atoms with E-state index in [1.54, 1.807) is 0 Å². The van der Waals surface area contributed by atoms with Crippen LogP contribution in [-0.2, 0) is 14.3 Å². The van der Waals surface area contributed by atoms with Crippen LogP contribution in [0.4, 0.5) is 0 Å². The Kier molecular flexibility index (Phi) is 5.80. The molecule has 8 nitrogen and oxygen atoms in total. The molecule has 2 N–H and O–H groups in total. The number of carbonyl (C=O) groups excluding carboxylic acids is 1. The van der Waals surface area contributed by atoms with Gasteiger partial charge in [-0.25, -0.2) is 4.98 Å². The van der Waals surface area contributed by atoms with E-state index in [-0.39, 0.29) is 24.0 Å². The van der Waals surface area contributed by atoms with Crippen LogP contribution >= 0.6 is 0 Å². The molecular formula is C16H27N5O3. The Morgan fingerprint density at radius 2 is 2.17 bits per heavy atom. The van der Waals surface area contributed by atoms with E-state index in [2.05, 4.69) is 39.2 Å². The maximum Gasteiger partial charge on any atom is 0.234 e. The minimum atomic E-state index is -0.158. The minimum absolute atomic E-state index is 0.0722. The van der Waals surface area contributed by atoms with Crippen LogP contribution in [0.3, 0.4) is 0 Å². The van der Waals surface area contributed by atoms with Gasteiger partial charge in [-0.15, -0.1) is 0 Å². The van der Waals surface area contributed by atoms with Crippen LogP contribution in [-0.4, -0.2) is 71.5 Å². The second-order valence-electron chi connectivity index (χ2n) is 6.78. The average molecular weight is 337 g/mol. The summed E-state index contributed by atoms with van der Waals surface area (Å²) in [5.41, 5.74) is 0. The summed E-state index contributed by atoms with van der Waals surface area (Å²) < 4.78 is 11.1. The number of hydrogen-bond donors (Lipinski definition) is 2. The third-order valence-electron chi connectivity index (χ3n) is 4.45. The quantitative estimate of drug-likeness (QED) is 0.817. The molecule has 1 atom stereocenters. The molecule has 2 fully saturated rings. The summed E-state index contributed by atoms with van der Waals surface area (Å²) in [7, 11) is 0. The van der Waals surface area contributed by atoms with Gasteiger partial charge in [0, 0.05) is 38.3 Å². The van der Waals surface area contributed by atoms with Crippen molar-refractivity contribution in [3.8, 4) is 0 Å². The molecule has 1 aromatic rings. The third kappa shape index (κ3) is 4.52. The van der Waals surface area contributed by atoms with E-state index in [1.165, 1.54) is 0 Å². The van der Waals surface area contributed by atoms with Crippen LogP contribution in [0.5, 0.6) is 0 Å². The Labute approximate surface area is 142 Å². The number of hydrogen-bond acceptors (Lipinski definition) is 6. The molecule has 0 spiro atoms. The van der Waals surface area contributed by atoms with Gasteiger partial charge in [0.05, 0.1) is 13.2 Å². The van der Waals surface area contributed by atoms with Crippen molar-refractivity contribution in [2.24, 2.45) is 0 Å². The first-order valence-corrected chi connectivity index (χ1v) is 8.75. The number of amides is 1. The van der Waals surface area contributed by atoms with Crippen LogP contribution in [0.1, 0.15) is 50.4 Å². The van der Waals surface area contributed by atoms with Crippen molar-refractivity contribution in [3.63, 3.8) is 0 Å². The van der Waals surface area contributed by atoms with E-state index in [1.807, 2.05) is 0 Å². The van der Waals surface area contributed by atoms with Gasteiger partial charge in [0.1, 0.15) is 6.10 Å². The van der Waals surface area contributed by atoms with Crippen molar-refractivity contribution in [2.45, 2.75) is 44.8 Å². The van der Waals surface area contributed by atoms with Gasteiger partial charge < -0.3 is 14.8 Å². The lowest BCUT2D eigenvalue weighted by Gasteiger charge is -2.32. The molecule has 1 amide bonds. The second kappa shape index (κ2) is 8.04. The van der Waals surface area contributed by atoms with Gasteiger partial charge in [-0.3, -0.25) is 14.8 Å². The Morgan fingerprint density at radius 1 is 1.38 bits per heavy atom. The molecule has 0 saturated carbocycles. The monoisotopic (exact) mass is 337 g/mol. The van der Waals surface area contributed by atoms with Gasteiger partial charge in [0.15, 0.2) is 11.6 Å². The number of morpholine rings is 1. The van der Waals surface area contributed by atoms with Gasteiger partial charge in [-0.05, 0) is 12.8 Å². The number of nitrogens with one attached hydrogen (secondary N) is 2. The second-order valence-corrected chi connectivity index (χ2v) is 6.78. The number of H-pyrrole nitrogens is 1. The van der Waals surface area contributed by atoms with Gasteiger partial charge in [0.25, 0.3) is 0 Å². The predicted molar refractivity (Wildman–Crippen MR) is 87.6 cm³/mol. The number of ether oxygens (including phenoxy) is 2. The molecule has 24 heavy (non-hydrogen) atoms. The van der Waals surface area contributed by atoms with E-state index in [9.17, 15) is 4.79 Å². The van der Waals surface area contributed by atoms with Gasteiger partial charge >= 0.3 is 0 Å². The Morgan fingerprint density at radius 3 is 2.88 bits per heavy atom. The largest absolute Gasteiger partial charge is 0.381 e. The van der Waals surface area contributed by atoms with Crippen molar-refractivity contribution in [2.75, 3.05) is 39.5 Å². The molecule has 8 heteroatoms. The van der Waals surface area contributed by atoms with E-state index >= 15 is 0 Å². The Hall–Kier alpha value is -1.51. The molecule has 3 heterocycles. The molecule has 0 aliphatic carbocycles. The first-order valence-electron chi connectivity index (χ1n) is 8.75. The molecule has 1 aromatic heterocycles. The highest BCUT2D eigenvalue weighted by Crippen LogP contribution is 2.20. The standard InChI is InChI=1S/C16H27N5O3/c1-11(2)15-18-16(20-19-15)13-9-21(5-8-24-13)10-14(22)17-12-3-6-23-7-4-12/h11-13H,3-10H2,1-2H3,(H,17,22)(H,18,19,20)/t13-/m1/s1. The highest BCUT2D eigenvalue weighted by atomic mass is 16.5. The molecule has 2 aliphatic rings. The lowest BCUT2D eigenvalue weighted by Crippen LogP contribution is -2.47. The van der Waals surface area contributed by atoms with Crippen molar-refractivity contribution in [1.82, 2.24) is 25.4 Å². The number of aromatic amines is 1. The molecular weight excluding hydrogens is 310 g/mol. The van der Waals surface area contributed by atoms with E-state index in [0.29, 0.717) is 19.7 Å². The van der Waals surface area contributed by atoms with Gasteiger partial charge in [-0.1, -0.05) is 13.8 Å². The molecule has 2 saturated heterocycles. The molecule has 2 aliphatic heterocycles. The smallest absolute Gasteiger partial charge is 0.234 e. The fraction of sp³-hybridized carbons (Fsp3) is 0.812. The Balaban J connectivity index is 1.50. The lowest BCUT2D eigenvalue weighted by molar-refractivity contribution is -0.125. The zero-order chi connectivity index (χ0) is 16.9. The first kappa shape index (κ1) is 17.3. The number of rotatable bonds is 5. The number of nitrogens with zero attached hydrogens (tertiary/aromatic N) is 3. The van der Waals surface area contributed by atoms with Crippen LogP contribution in [0.15, 0.2) is 0 Å². The SMILES string of the molecule is CC(C)c1n[nH]c([C@H]2CN(CC(=O)NC3CCOCC3)CCO2)n1. The van der Waals surface area contributed by atoms with Crippen LogP contribution < -0.4 is 5.32 Å². The van der Waals surface area contributed by atoms with Crippen molar-refractivity contribution < 1.29 is 14.3 Å². The summed E-state index contributed by atoms with van der Waals surface area (Å²) in [4.78, 5) is 18.9. The molecule has 0 aromatic carbocycles. The van der Waals surface area contributed by atoms with Crippen LogP contribution in [0.2, 0.25) is 0 Å². The molecule has 0 radical (unpaired) electrons. The summed E-state index contributed by atoms with van der Waals surface area (Å²) >= 11 is 0. The number of aromatic nitrogens is 3. The summed E-state index contributed by atoms with van der Waals surface area (Å²) in [5.74, 6) is 1.89. The van der Waals surface area contributed by atoms with E-state index < -0.39 is 0 Å². The predicted octanol–water partition coefficient (Wildman–Crippen LogP) is 0.597. The van der Waals surface area contributed by atoms with Crippen LogP contribution in [0, 0.1) is 0 Å². The van der Waals surface area contributed by atoms with Crippen molar-refractivity contribution >= 4 is 5.91 Å². The summed E-state index contributed by atoms with van der Waals surface area (Å²) in [6, 6.07) is 0.242. The van der Waals surface area contributed by atoms with Gasteiger partial charge in [-0.2, -0.15) is 5.10 Å². The van der Waals surface area contributed by atoms with E-state index in [4.69, 9.17) is 9.47 Å². The molecule has 134 valence electrons. The zero-order valence-corrected chi connectivity index (χ0v) is 14.5. The van der Waals surface area contributed by atoms with Gasteiger partial charge in [0.2, 0.25) is 5.91 Å². The van der Waals surface area contributed by atoms with Crippen molar-refractivity contribution in [1.29, 1.82) is 0 Å². The minimum Gasteiger partial charge on any atom is -0.381 e. The highest BCUT2D eigenvalue weighted by Gasteiger charge is 2.27. The summed E-state index contributed by atoms with van der Waals surface area (Å²) in [6.07, 6.45) is 1.63. The number of carbonyl (C=O) groups is 1. The average Bonchev–Trinajstić information content (AvgIpc) is 3.06. The highest BCUT2D eigenvalue weighted by molar-refractivity contribution is 5.78. The maximum absolute atomic E-state index is 12.2. The molecule has 0 bridgehead atoms. The molecule has 3 rings (SSSR count). The first-order chi connectivity index (χ1) is 11.6. The Bertz CT molecular complexity index is 542. The fourth-order valence-electron chi connectivity index (χ4n) is 3.02. The van der Waals surface area contributed by atoms with Crippen LogP contribution in [0.25, 0.3) is 0 Å². The van der Waals surface area contributed by atoms with Crippen molar-refractivity contribution in [3.05, 3.63) is 11.6 Å². The topological polar surface area (TPSA) is 92.4 Å². The zero-order valence-electron chi connectivity index (χ0n) is 14.5. The lowest BCUT2D eigenvalue weighted by atomic mass is 10.1. The summed E-state index contributed by atoms with van der Waals surface area (Å²) in [6.45, 7) is 7.96. The molecule has 0 unspecified atom stereocenters. The van der Waals surface area contributed by atoms with E-state index in [0.717, 1.165) is 44.2 Å². The third-order valence-corrected chi connectivity index (χ3v) is 4.45.